The molecule has 0 bridgehead atoms. The second-order valence-corrected chi connectivity index (χ2v) is 6.80. The molecule has 2 N–H and O–H groups in total. The predicted molar refractivity (Wildman–Crippen MR) is 102 cm³/mol. The van der Waals surface area contributed by atoms with Gasteiger partial charge in [0.2, 0.25) is 5.91 Å². The van der Waals surface area contributed by atoms with E-state index in [4.69, 9.17) is 4.74 Å². The molecule has 27 heavy (non-hydrogen) atoms. The molecule has 0 radical (unpaired) electrons. The summed E-state index contributed by atoms with van der Waals surface area (Å²) in [6.07, 6.45) is -0.115. The molecular formula is C18H21N3O5S. The van der Waals surface area contributed by atoms with E-state index in [1.807, 2.05) is 13.0 Å². The third kappa shape index (κ3) is 6.14. The van der Waals surface area contributed by atoms with Gasteiger partial charge >= 0.3 is 5.97 Å². The van der Waals surface area contributed by atoms with Crippen molar-refractivity contribution in [3.63, 3.8) is 0 Å². The number of carbonyl (C=O) groups excluding carboxylic acids is 2. The van der Waals surface area contributed by atoms with Crippen LogP contribution in [0, 0.1) is 0 Å². The number of methoxy groups -OCH3 is 1. The summed E-state index contributed by atoms with van der Waals surface area (Å²) >= 11 is 1.08. The van der Waals surface area contributed by atoms with E-state index in [9.17, 15) is 14.4 Å². The third-order valence-electron chi connectivity index (χ3n) is 3.43. The number of aromatic nitrogens is 2. The monoisotopic (exact) mass is 391 g/mol. The first kappa shape index (κ1) is 20.5. The summed E-state index contributed by atoms with van der Waals surface area (Å²) in [5, 5.41) is 2.51. The predicted octanol–water partition coefficient (Wildman–Crippen LogP) is 2.00. The minimum atomic E-state index is -0.545. The molecule has 0 aliphatic heterocycles. The number of amides is 1. The molecule has 0 saturated heterocycles. The fourth-order valence-electron chi connectivity index (χ4n) is 2.16. The van der Waals surface area contributed by atoms with Crippen LogP contribution in [-0.4, -0.2) is 40.8 Å². The lowest BCUT2D eigenvalue weighted by Gasteiger charge is -2.14. The van der Waals surface area contributed by atoms with Gasteiger partial charge in [-0.2, -0.15) is 0 Å². The second-order valence-electron chi connectivity index (χ2n) is 5.47. The van der Waals surface area contributed by atoms with Crippen molar-refractivity contribution in [2.75, 3.05) is 19.0 Å². The summed E-state index contributed by atoms with van der Waals surface area (Å²) in [4.78, 5) is 42.4. The quantitative estimate of drug-likeness (QED) is 0.402. The number of hydrogen-bond donors (Lipinski definition) is 2. The highest BCUT2D eigenvalue weighted by molar-refractivity contribution is 8.00. The van der Waals surface area contributed by atoms with Gasteiger partial charge in [0.05, 0.1) is 36.8 Å². The molecule has 1 amide bonds. The first-order chi connectivity index (χ1) is 12.9. The Balaban J connectivity index is 2.08. The van der Waals surface area contributed by atoms with Crippen molar-refractivity contribution < 1.29 is 19.1 Å². The highest BCUT2D eigenvalue weighted by Gasteiger charge is 2.18. The maximum absolute atomic E-state index is 12.5. The van der Waals surface area contributed by atoms with E-state index in [1.165, 1.54) is 13.2 Å². The number of benzene rings is 1. The molecule has 1 atom stereocenters. The van der Waals surface area contributed by atoms with Gasteiger partial charge in [0, 0.05) is 6.07 Å². The lowest BCUT2D eigenvalue weighted by Crippen LogP contribution is -2.24. The van der Waals surface area contributed by atoms with Crippen molar-refractivity contribution in [1.82, 2.24) is 9.97 Å². The molecule has 9 heteroatoms. The topological polar surface area (TPSA) is 110 Å². The van der Waals surface area contributed by atoms with Gasteiger partial charge in [-0.3, -0.25) is 14.4 Å². The minimum absolute atomic E-state index is 0.115. The maximum atomic E-state index is 12.5. The van der Waals surface area contributed by atoms with Gasteiger partial charge in [0.15, 0.2) is 5.16 Å². The summed E-state index contributed by atoms with van der Waals surface area (Å²) in [6.45, 7) is 4.03. The summed E-state index contributed by atoms with van der Waals surface area (Å²) in [5.41, 5.74) is 0.445. The number of ether oxygens (including phenoxy) is 2. The Morgan fingerprint density at radius 3 is 2.78 bits per heavy atom. The Kier molecular flexibility index (Phi) is 7.42. The number of thioether (sulfide) groups is 1. The van der Waals surface area contributed by atoms with E-state index >= 15 is 0 Å². The molecule has 1 aromatic heterocycles. The summed E-state index contributed by atoms with van der Waals surface area (Å²) in [6, 6.07) is 8.36. The molecule has 1 heterocycles. The van der Waals surface area contributed by atoms with E-state index in [-0.39, 0.29) is 23.2 Å². The van der Waals surface area contributed by atoms with Crippen molar-refractivity contribution in [3.8, 4) is 5.75 Å². The SMILES string of the molecule is CCOc1ccccc1NC(=O)[C@@H](C)Sc1nc(CC(=O)OC)cc(=O)[nH]1. The number of aromatic amines is 1. The zero-order valence-corrected chi connectivity index (χ0v) is 16.1. The van der Waals surface area contributed by atoms with E-state index in [0.29, 0.717) is 18.0 Å². The average molecular weight is 391 g/mol. The van der Waals surface area contributed by atoms with Crippen LogP contribution in [0.3, 0.4) is 0 Å². The molecule has 8 nitrogen and oxygen atoms in total. The Morgan fingerprint density at radius 2 is 2.07 bits per heavy atom. The van der Waals surface area contributed by atoms with Crippen LogP contribution in [0.15, 0.2) is 40.3 Å². The number of carbonyl (C=O) groups is 2. The molecular weight excluding hydrogens is 370 g/mol. The Morgan fingerprint density at radius 1 is 1.33 bits per heavy atom. The zero-order valence-electron chi connectivity index (χ0n) is 15.3. The minimum Gasteiger partial charge on any atom is -0.492 e. The lowest BCUT2D eigenvalue weighted by molar-refractivity contribution is -0.139. The first-order valence-electron chi connectivity index (χ1n) is 8.29. The van der Waals surface area contributed by atoms with Crippen LogP contribution in [-0.2, 0) is 20.7 Å². The maximum Gasteiger partial charge on any atom is 0.311 e. The molecule has 144 valence electrons. The van der Waals surface area contributed by atoms with Crippen molar-refractivity contribution in [2.24, 2.45) is 0 Å². The smallest absolute Gasteiger partial charge is 0.311 e. The molecule has 0 fully saturated rings. The molecule has 0 aliphatic carbocycles. The molecule has 2 aromatic rings. The summed E-state index contributed by atoms with van der Waals surface area (Å²) < 4.78 is 10.1. The number of anilines is 1. The van der Waals surface area contributed by atoms with Crippen LogP contribution >= 0.6 is 11.8 Å². The second kappa shape index (κ2) is 9.77. The van der Waals surface area contributed by atoms with Gasteiger partial charge in [0.25, 0.3) is 5.56 Å². The van der Waals surface area contributed by atoms with Crippen LogP contribution in [0.4, 0.5) is 5.69 Å². The number of nitrogens with one attached hydrogen (secondary N) is 2. The van der Waals surface area contributed by atoms with Crippen LogP contribution in [0.1, 0.15) is 19.5 Å². The zero-order chi connectivity index (χ0) is 19.8. The average Bonchev–Trinajstić information content (AvgIpc) is 2.62. The van der Waals surface area contributed by atoms with Crippen molar-refractivity contribution in [3.05, 3.63) is 46.4 Å². The van der Waals surface area contributed by atoms with Crippen LogP contribution < -0.4 is 15.6 Å². The summed E-state index contributed by atoms with van der Waals surface area (Å²) in [5.74, 6) is -0.187. The van der Waals surface area contributed by atoms with E-state index in [2.05, 4.69) is 20.0 Å². The highest BCUT2D eigenvalue weighted by Crippen LogP contribution is 2.26. The van der Waals surface area contributed by atoms with E-state index < -0.39 is 16.8 Å². The van der Waals surface area contributed by atoms with Gasteiger partial charge in [-0.1, -0.05) is 23.9 Å². The van der Waals surface area contributed by atoms with E-state index in [0.717, 1.165) is 11.8 Å². The van der Waals surface area contributed by atoms with Crippen molar-refractivity contribution in [2.45, 2.75) is 30.7 Å². The molecule has 0 unspecified atom stereocenters. The van der Waals surface area contributed by atoms with Crippen LogP contribution in [0.25, 0.3) is 0 Å². The van der Waals surface area contributed by atoms with Crippen molar-refractivity contribution >= 4 is 29.3 Å². The number of esters is 1. The standard InChI is InChI=1S/C18H21N3O5S/c1-4-26-14-8-6-5-7-13(14)20-17(24)11(2)27-18-19-12(9-15(22)21-18)10-16(23)25-3/h5-9,11H,4,10H2,1-3H3,(H,20,24)(H,19,21,22)/t11-/m1/s1. The Bertz CT molecular complexity index is 868. The summed E-state index contributed by atoms with van der Waals surface area (Å²) in [7, 11) is 1.26. The highest BCUT2D eigenvalue weighted by atomic mass is 32.2. The van der Waals surface area contributed by atoms with Gasteiger partial charge < -0.3 is 19.8 Å². The number of H-pyrrole nitrogens is 1. The number of hydrogen-bond acceptors (Lipinski definition) is 7. The third-order valence-corrected chi connectivity index (χ3v) is 4.41. The van der Waals surface area contributed by atoms with Crippen LogP contribution in [0.5, 0.6) is 5.75 Å². The molecule has 1 aromatic carbocycles. The fourth-order valence-corrected chi connectivity index (χ4v) is 2.99. The van der Waals surface area contributed by atoms with Crippen LogP contribution in [0.2, 0.25) is 0 Å². The lowest BCUT2D eigenvalue weighted by atomic mass is 10.3. The molecule has 0 spiro atoms. The first-order valence-corrected chi connectivity index (χ1v) is 9.17. The number of nitrogens with zero attached hydrogens (tertiary/aromatic N) is 1. The Labute approximate surface area is 160 Å². The molecule has 0 aliphatic rings. The van der Waals surface area contributed by atoms with E-state index in [1.54, 1.807) is 25.1 Å². The van der Waals surface area contributed by atoms with Gasteiger partial charge in [0.1, 0.15) is 5.75 Å². The Hall–Kier alpha value is -2.81. The van der Waals surface area contributed by atoms with Gasteiger partial charge in [-0.05, 0) is 26.0 Å². The molecule has 2 rings (SSSR count). The largest absolute Gasteiger partial charge is 0.492 e. The van der Waals surface area contributed by atoms with Gasteiger partial charge in [-0.15, -0.1) is 0 Å². The van der Waals surface area contributed by atoms with Gasteiger partial charge in [-0.25, -0.2) is 4.98 Å². The molecule has 0 saturated carbocycles. The fraction of sp³-hybridized carbons (Fsp3) is 0.333. The number of rotatable bonds is 8. The van der Waals surface area contributed by atoms with Crippen molar-refractivity contribution in [1.29, 1.82) is 0 Å². The number of para-hydroxylation sites is 2. The normalized spacial score (nSPS) is 11.5.